The van der Waals surface area contributed by atoms with E-state index in [1.165, 1.54) is 13.3 Å². The van der Waals surface area contributed by atoms with E-state index in [-0.39, 0.29) is 19.1 Å². The van der Waals surface area contributed by atoms with E-state index in [2.05, 4.69) is 38.4 Å². The maximum absolute atomic E-state index is 11.9. The normalized spacial score (nSPS) is 10.5. The average molecular weight is 496 g/mol. The fourth-order valence-electron chi connectivity index (χ4n) is 2.19. The molecule has 2 rings (SSSR count). The first-order chi connectivity index (χ1) is 13.4. The fourth-order valence-corrected chi connectivity index (χ4v) is 2.53. The molecular formula is C19H21IN4O4. The molecule has 0 aliphatic heterocycles. The van der Waals surface area contributed by atoms with Gasteiger partial charge in [-0.15, -0.1) is 0 Å². The summed E-state index contributed by atoms with van der Waals surface area (Å²) in [5.74, 6) is -0.0675. The van der Waals surface area contributed by atoms with E-state index in [9.17, 15) is 9.59 Å². The number of amides is 2. The van der Waals surface area contributed by atoms with E-state index in [0.29, 0.717) is 17.1 Å². The fraction of sp³-hybridized carbons (Fsp3) is 0.211. The number of hydrazone groups is 1. The average Bonchev–Trinajstić information content (AvgIpc) is 2.67. The summed E-state index contributed by atoms with van der Waals surface area (Å²) in [6.07, 6.45) is 1.46. The number of ether oxygens (including phenoxy) is 2. The Labute approximate surface area is 176 Å². The van der Waals surface area contributed by atoms with Crippen molar-refractivity contribution >= 4 is 46.3 Å². The Kier molecular flexibility index (Phi) is 8.05. The van der Waals surface area contributed by atoms with Gasteiger partial charge >= 0.3 is 0 Å². The van der Waals surface area contributed by atoms with Gasteiger partial charge in [-0.1, -0.05) is 0 Å². The highest BCUT2D eigenvalue weighted by Crippen LogP contribution is 2.27. The van der Waals surface area contributed by atoms with Gasteiger partial charge in [-0.05, 0) is 77.0 Å². The van der Waals surface area contributed by atoms with Crippen LogP contribution in [0.4, 0.5) is 5.69 Å². The number of hydrogen-bond acceptors (Lipinski definition) is 6. The van der Waals surface area contributed by atoms with Gasteiger partial charge in [0.25, 0.3) is 11.8 Å². The predicted molar refractivity (Wildman–Crippen MR) is 116 cm³/mol. The minimum atomic E-state index is -0.593. The Hall–Kier alpha value is -2.82. The molecule has 0 aliphatic rings. The molecule has 0 aromatic heterocycles. The lowest BCUT2D eigenvalue weighted by Crippen LogP contribution is -2.25. The maximum Gasteiger partial charge on any atom is 0.259 e. The first-order valence-electron chi connectivity index (χ1n) is 8.30. The number of benzene rings is 2. The van der Waals surface area contributed by atoms with Crippen molar-refractivity contribution in [3.8, 4) is 11.5 Å². The van der Waals surface area contributed by atoms with Crippen LogP contribution < -0.4 is 25.9 Å². The SMILES string of the molecule is COc1ccc(/C=N/NC(=O)CNc2ccc(I)c(C)c2)cc1OCC(N)=O. The molecule has 148 valence electrons. The van der Waals surface area contributed by atoms with Crippen molar-refractivity contribution in [3.05, 3.63) is 51.1 Å². The van der Waals surface area contributed by atoms with Crippen molar-refractivity contribution in [2.24, 2.45) is 10.8 Å². The molecule has 0 radical (unpaired) electrons. The Morgan fingerprint density at radius 1 is 1.21 bits per heavy atom. The van der Waals surface area contributed by atoms with E-state index in [1.54, 1.807) is 18.2 Å². The van der Waals surface area contributed by atoms with Crippen molar-refractivity contribution in [3.63, 3.8) is 0 Å². The summed E-state index contributed by atoms with van der Waals surface area (Å²) in [5, 5.41) is 6.97. The lowest BCUT2D eigenvalue weighted by Gasteiger charge is -2.10. The molecule has 0 spiro atoms. The lowest BCUT2D eigenvalue weighted by molar-refractivity contribution is -0.120. The van der Waals surface area contributed by atoms with E-state index < -0.39 is 5.91 Å². The van der Waals surface area contributed by atoms with Crippen LogP contribution >= 0.6 is 22.6 Å². The van der Waals surface area contributed by atoms with Crippen LogP contribution in [0.15, 0.2) is 41.5 Å². The number of rotatable bonds is 9. The first-order valence-corrected chi connectivity index (χ1v) is 9.38. The second kappa shape index (κ2) is 10.5. The molecule has 0 aliphatic carbocycles. The summed E-state index contributed by atoms with van der Waals surface area (Å²) in [5.41, 5.74) is 10.2. The van der Waals surface area contributed by atoms with Gasteiger partial charge in [0.05, 0.1) is 19.9 Å². The van der Waals surface area contributed by atoms with Gasteiger partial charge < -0.3 is 20.5 Å². The number of primary amides is 1. The zero-order chi connectivity index (χ0) is 20.5. The van der Waals surface area contributed by atoms with Crippen molar-refractivity contribution in [2.45, 2.75) is 6.92 Å². The van der Waals surface area contributed by atoms with Gasteiger partial charge in [0.1, 0.15) is 0 Å². The van der Waals surface area contributed by atoms with Crippen LogP contribution in [-0.2, 0) is 9.59 Å². The van der Waals surface area contributed by atoms with E-state index >= 15 is 0 Å². The van der Waals surface area contributed by atoms with Gasteiger partial charge in [-0.3, -0.25) is 9.59 Å². The summed E-state index contributed by atoms with van der Waals surface area (Å²) < 4.78 is 11.6. The smallest absolute Gasteiger partial charge is 0.259 e. The van der Waals surface area contributed by atoms with E-state index in [1.807, 2.05) is 25.1 Å². The number of carbonyl (C=O) groups is 2. The van der Waals surface area contributed by atoms with Gasteiger partial charge in [0.15, 0.2) is 18.1 Å². The molecule has 0 unspecified atom stereocenters. The van der Waals surface area contributed by atoms with Crippen LogP contribution in [0.25, 0.3) is 0 Å². The summed E-state index contributed by atoms with van der Waals surface area (Å²) in [6, 6.07) is 10.9. The molecule has 4 N–H and O–H groups in total. The summed E-state index contributed by atoms with van der Waals surface area (Å²) in [7, 11) is 1.49. The van der Waals surface area contributed by atoms with E-state index in [4.69, 9.17) is 15.2 Å². The second-order valence-corrected chi connectivity index (χ2v) is 6.94. The van der Waals surface area contributed by atoms with Gasteiger partial charge in [-0.25, -0.2) is 5.43 Å². The number of halogens is 1. The number of carbonyl (C=O) groups excluding carboxylic acids is 2. The summed E-state index contributed by atoms with van der Waals surface area (Å²) in [4.78, 5) is 22.8. The number of aryl methyl sites for hydroxylation is 1. The molecule has 2 aromatic carbocycles. The van der Waals surface area contributed by atoms with Crippen molar-refractivity contribution in [2.75, 3.05) is 25.6 Å². The zero-order valence-corrected chi connectivity index (χ0v) is 17.6. The van der Waals surface area contributed by atoms with Crippen molar-refractivity contribution < 1.29 is 19.1 Å². The van der Waals surface area contributed by atoms with Gasteiger partial charge in [-0.2, -0.15) is 5.10 Å². The third kappa shape index (κ3) is 6.72. The van der Waals surface area contributed by atoms with Crippen LogP contribution in [0.5, 0.6) is 11.5 Å². The molecule has 0 heterocycles. The molecule has 2 aromatic rings. The number of nitrogens with one attached hydrogen (secondary N) is 2. The van der Waals surface area contributed by atoms with Crippen molar-refractivity contribution in [1.29, 1.82) is 0 Å². The highest BCUT2D eigenvalue weighted by molar-refractivity contribution is 14.1. The second-order valence-electron chi connectivity index (χ2n) is 5.78. The van der Waals surface area contributed by atoms with Gasteiger partial charge in [0, 0.05) is 9.26 Å². The van der Waals surface area contributed by atoms with Crippen molar-refractivity contribution in [1.82, 2.24) is 5.43 Å². The molecular weight excluding hydrogens is 475 g/mol. The lowest BCUT2D eigenvalue weighted by atomic mass is 10.2. The molecule has 0 saturated carbocycles. The topological polar surface area (TPSA) is 115 Å². The predicted octanol–water partition coefficient (Wildman–Crippen LogP) is 2.03. The van der Waals surface area contributed by atoms with Crippen LogP contribution in [0, 0.1) is 10.5 Å². The molecule has 28 heavy (non-hydrogen) atoms. The Morgan fingerprint density at radius 2 is 2.00 bits per heavy atom. The summed E-state index contributed by atoms with van der Waals surface area (Å²) >= 11 is 2.26. The number of hydrogen-bond donors (Lipinski definition) is 3. The molecule has 2 amide bonds. The number of methoxy groups -OCH3 is 1. The summed E-state index contributed by atoms with van der Waals surface area (Å²) in [6.45, 7) is 1.83. The number of nitrogens with two attached hydrogens (primary N) is 1. The van der Waals surface area contributed by atoms with E-state index in [0.717, 1.165) is 14.8 Å². The molecule has 0 atom stereocenters. The van der Waals surface area contributed by atoms with Crippen LogP contribution in [0.2, 0.25) is 0 Å². The monoisotopic (exact) mass is 496 g/mol. The minimum absolute atomic E-state index is 0.0902. The first kappa shape index (κ1) is 21.5. The molecule has 9 heteroatoms. The maximum atomic E-state index is 11.9. The quantitative estimate of drug-likeness (QED) is 0.279. The number of anilines is 1. The third-order valence-corrected chi connectivity index (χ3v) is 4.78. The third-order valence-electron chi connectivity index (χ3n) is 3.57. The Bertz CT molecular complexity index is 886. The van der Waals surface area contributed by atoms with Crippen LogP contribution in [-0.4, -0.2) is 38.3 Å². The molecule has 0 fully saturated rings. The largest absolute Gasteiger partial charge is 0.493 e. The Balaban J connectivity index is 1.90. The zero-order valence-electron chi connectivity index (χ0n) is 15.5. The van der Waals surface area contributed by atoms with Crippen LogP contribution in [0.1, 0.15) is 11.1 Å². The highest BCUT2D eigenvalue weighted by Gasteiger charge is 2.07. The molecule has 0 saturated heterocycles. The standard InChI is InChI=1S/C19H21IN4O4/c1-12-7-14(4-5-15(12)20)22-10-19(26)24-23-9-13-3-6-16(27-2)17(8-13)28-11-18(21)25/h3-9,22H,10-11H2,1-2H3,(H2,21,25)(H,24,26)/b23-9+. The molecule has 0 bridgehead atoms. The Morgan fingerprint density at radius 3 is 2.68 bits per heavy atom. The highest BCUT2D eigenvalue weighted by atomic mass is 127. The van der Waals surface area contributed by atoms with Crippen LogP contribution in [0.3, 0.4) is 0 Å². The van der Waals surface area contributed by atoms with Gasteiger partial charge in [0.2, 0.25) is 0 Å². The minimum Gasteiger partial charge on any atom is -0.493 e. The molecule has 8 nitrogen and oxygen atoms in total. The number of nitrogens with zero attached hydrogens (tertiary/aromatic N) is 1.